The lowest BCUT2D eigenvalue weighted by molar-refractivity contribution is 0.0549. The Hall–Kier alpha value is -3.96. The van der Waals surface area contributed by atoms with Crippen LogP contribution in [0.15, 0.2) is 24.5 Å². The van der Waals surface area contributed by atoms with Gasteiger partial charge in [0.1, 0.15) is 11.6 Å². The average Bonchev–Trinajstić information content (AvgIpc) is 2.66. The van der Waals surface area contributed by atoms with Crippen LogP contribution in [0.4, 0.5) is 8.78 Å². The van der Waals surface area contributed by atoms with Gasteiger partial charge in [0.05, 0.1) is 37.7 Å². The molecule has 0 atom stereocenters. The summed E-state index contributed by atoms with van der Waals surface area (Å²) in [7, 11) is 2.25. The number of halogens is 2. The number of ether oxygens (including phenoxy) is 2. The molecule has 0 unspecified atom stereocenters. The molecule has 0 amide bonds. The van der Waals surface area contributed by atoms with Crippen LogP contribution in [0.25, 0.3) is 0 Å². The molecule has 2 N–H and O–H groups in total. The van der Waals surface area contributed by atoms with Crippen molar-refractivity contribution in [3.8, 4) is 0 Å². The summed E-state index contributed by atoms with van der Waals surface area (Å²) in [5.74, 6) is -6.31. The second-order valence-corrected chi connectivity index (χ2v) is 4.69. The summed E-state index contributed by atoms with van der Waals surface area (Å²) in [5, 5.41) is 16.9. The van der Waals surface area contributed by atoms with Crippen molar-refractivity contribution in [3.05, 3.63) is 58.7 Å². The molecule has 0 aliphatic heterocycles. The molecule has 2 heterocycles. The third kappa shape index (κ3) is 5.52. The molecule has 2 rings (SSSR count). The first-order valence-corrected chi connectivity index (χ1v) is 7.06. The van der Waals surface area contributed by atoms with Crippen LogP contribution < -0.4 is 0 Å². The van der Waals surface area contributed by atoms with Gasteiger partial charge in [-0.25, -0.2) is 37.9 Å². The van der Waals surface area contributed by atoms with Crippen LogP contribution in [0, 0.1) is 11.6 Å². The van der Waals surface area contributed by atoms with E-state index in [9.17, 15) is 28.0 Å². The average molecular weight is 398 g/mol. The first kappa shape index (κ1) is 22.1. The van der Waals surface area contributed by atoms with Crippen molar-refractivity contribution < 1.29 is 47.6 Å². The Morgan fingerprint density at radius 1 is 0.786 bits per heavy atom. The van der Waals surface area contributed by atoms with E-state index < -0.39 is 46.8 Å². The third-order valence-corrected chi connectivity index (χ3v) is 2.93. The zero-order valence-electron chi connectivity index (χ0n) is 14.3. The van der Waals surface area contributed by atoms with E-state index in [1.165, 1.54) is 0 Å². The maximum absolute atomic E-state index is 12.8. The number of hydrogen-bond acceptors (Lipinski definition) is 8. The predicted octanol–water partition coefficient (Wildman–Crippen LogP) is 1.41. The van der Waals surface area contributed by atoms with E-state index in [0.29, 0.717) is 12.3 Å². The minimum atomic E-state index is -1.52. The Kier molecular flexibility index (Phi) is 7.62. The number of carbonyl (C=O) groups is 4. The Morgan fingerprint density at radius 3 is 1.68 bits per heavy atom. The van der Waals surface area contributed by atoms with E-state index in [-0.39, 0.29) is 11.3 Å². The van der Waals surface area contributed by atoms with Crippen molar-refractivity contribution in [3.63, 3.8) is 0 Å². The van der Waals surface area contributed by atoms with Gasteiger partial charge in [-0.1, -0.05) is 0 Å². The molecule has 2 aromatic heterocycles. The molecule has 0 aliphatic rings. The van der Waals surface area contributed by atoms with E-state index in [1.807, 2.05) is 0 Å². The van der Waals surface area contributed by atoms with Crippen LogP contribution in [0.1, 0.15) is 41.7 Å². The number of methoxy groups -OCH3 is 2. The lowest BCUT2D eigenvalue weighted by Crippen LogP contribution is -2.14. The number of carboxylic acids is 2. The maximum atomic E-state index is 12.8. The molecular weight excluding hydrogens is 386 g/mol. The molecule has 0 saturated carbocycles. The molecule has 0 saturated heterocycles. The van der Waals surface area contributed by atoms with Crippen molar-refractivity contribution in [2.24, 2.45) is 0 Å². The van der Waals surface area contributed by atoms with Crippen LogP contribution in [0.3, 0.4) is 0 Å². The monoisotopic (exact) mass is 398 g/mol. The van der Waals surface area contributed by atoms with Crippen LogP contribution in [-0.4, -0.2) is 58.3 Å². The highest BCUT2D eigenvalue weighted by atomic mass is 19.1. The molecule has 28 heavy (non-hydrogen) atoms. The van der Waals surface area contributed by atoms with Gasteiger partial charge in [-0.05, 0) is 12.1 Å². The van der Waals surface area contributed by atoms with Gasteiger partial charge in [-0.15, -0.1) is 0 Å². The topological polar surface area (TPSA) is 153 Å². The summed E-state index contributed by atoms with van der Waals surface area (Å²) in [6.07, 6.45) is 1.47. The number of nitrogens with zero attached hydrogens (tertiary/aromatic N) is 2. The molecular formula is C16H12F2N2O8. The number of esters is 2. The molecule has 0 spiro atoms. The predicted molar refractivity (Wildman–Crippen MR) is 85.0 cm³/mol. The quantitative estimate of drug-likeness (QED) is 0.723. The second kappa shape index (κ2) is 9.66. The van der Waals surface area contributed by atoms with Crippen molar-refractivity contribution in [2.75, 3.05) is 14.2 Å². The second-order valence-electron chi connectivity index (χ2n) is 4.69. The van der Waals surface area contributed by atoms with Crippen molar-refractivity contribution in [1.82, 2.24) is 9.97 Å². The van der Waals surface area contributed by atoms with E-state index >= 15 is 0 Å². The van der Waals surface area contributed by atoms with Gasteiger partial charge in [0.25, 0.3) is 0 Å². The normalized spacial score (nSPS) is 9.57. The summed E-state index contributed by atoms with van der Waals surface area (Å²) in [4.78, 5) is 49.7. The van der Waals surface area contributed by atoms with Gasteiger partial charge in [0, 0.05) is 0 Å². The van der Waals surface area contributed by atoms with Gasteiger partial charge in [-0.3, -0.25) is 0 Å². The molecule has 0 fully saturated rings. The van der Waals surface area contributed by atoms with Gasteiger partial charge >= 0.3 is 23.9 Å². The first-order chi connectivity index (χ1) is 13.1. The van der Waals surface area contributed by atoms with E-state index in [0.717, 1.165) is 26.5 Å². The number of carbonyl (C=O) groups excluding carboxylic acids is 2. The minimum Gasteiger partial charge on any atom is -0.478 e. The van der Waals surface area contributed by atoms with E-state index in [1.54, 1.807) is 0 Å². The van der Waals surface area contributed by atoms with Gasteiger partial charge in [0.15, 0.2) is 11.4 Å². The molecule has 0 aromatic carbocycles. The highest BCUT2D eigenvalue weighted by Crippen LogP contribution is 2.11. The minimum absolute atomic E-state index is 0.260. The van der Waals surface area contributed by atoms with Crippen LogP contribution in [0.5, 0.6) is 0 Å². The standard InChI is InChI=1S/C9H8FNO4.C7H4FNO4/c1-14-8(12)6-3-5(10)4-11-7(6)9(13)15-2;8-3-1-4(6(10)11)5(7(12)13)9-2-3/h3-4H,1-2H3;1-2H,(H,10,11)(H,12,13). The molecule has 0 bridgehead atoms. The van der Waals surface area contributed by atoms with Crippen molar-refractivity contribution >= 4 is 23.9 Å². The molecule has 12 heteroatoms. The summed E-state index contributed by atoms with van der Waals surface area (Å²) >= 11 is 0. The van der Waals surface area contributed by atoms with Crippen molar-refractivity contribution in [2.45, 2.75) is 0 Å². The largest absolute Gasteiger partial charge is 0.478 e. The summed E-state index contributed by atoms with van der Waals surface area (Å²) in [6, 6.07) is 1.48. The number of aromatic nitrogens is 2. The number of pyridine rings is 2. The van der Waals surface area contributed by atoms with Crippen LogP contribution in [-0.2, 0) is 9.47 Å². The highest BCUT2D eigenvalue weighted by molar-refractivity contribution is 6.01. The summed E-state index contributed by atoms with van der Waals surface area (Å²) in [5.41, 5.74) is -1.86. The fraction of sp³-hybridized carbons (Fsp3) is 0.125. The fourth-order valence-electron chi connectivity index (χ4n) is 1.74. The Balaban J connectivity index is 0.000000283. The molecule has 0 radical (unpaired) electrons. The lowest BCUT2D eigenvalue weighted by Gasteiger charge is -2.04. The molecule has 148 valence electrons. The van der Waals surface area contributed by atoms with Crippen LogP contribution >= 0.6 is 0 Å². The molecule has 2 aromatic rings. The van der Waals surface area contributed by atoms with Gasteiger partial charge < -0.3 is 19.7 Å². The Bertz CT molecular complexity index is 933. The third-order valence-electron chi connectivity index (χ3n) is 2.93. The van der Waals surface area contributed by atoms with E-state index in [2.05, 4.69) is 19.4 Å². The van der Waals surface area contributed by atoms with Gasteiger partial charge in [-0.2, -0.15) is 0 Å². The zero-order chi connectivity index (χ0) is 21.4. The number of hydrogen-bond donors (Lipinski definition) is 2. The number of aromatic carboxylic acids is 2. The molecule has 10 nitrogen and oxygen atoms in total. The molecule has 0 aliphatic carbocycles. The summed E-state index contributed by atoms with van der Waals surface area (Å²) < 4.78 is 34.0. The SMILES string of the molecule is COC(=O)c1cc(F)cnc1C(=O)OC.O=C(O)c1cc(F)cnc1C(=O)O. The number of carboxylic acid groups (broad SMARTS) is 2. The fourth-order valence-corrected chi connectivity index (χ4v) is 1.74. The highest BCUT2D eigenvalue weighted by Gasteiger charge is 2.20. The maximum Gasteiger partial charge on any atom is 0.357 e. The van der Waals surface area contributed by atoms with Crippen LogP contribution in [0.2, 0.25) is 0 Å². The smallest absolute Gasteiger partial charge is 0.357 e. The lowest BCUT2D eigenvalue weighted by atomic mass is 10.2. The summed E-state index contributed by atoms with van der Waals surface area (Å²) in [6.45, 7) is 0. The Labute approximate surface area is 155 Å². The number of rotatable bonds is 4. The van der Waals surface area contributed by atoms with Crippen molar-refractivity contribution in [1.29, 1.82) is 0 Å². The van der Waals surface area contributed by atoms with Gasteiger partial charge in [0.2, 0.25) is 0 Å². The zero-order valence-corrected chi connectivity index (χ0v) is 14.3. The Morgan fingerprint density at radius 2 is 1.25 bits per heavy atom. The van der Waals surface area contributed by atoms with E-state index in [4.69, 9.17) is 10.2 Å². The first-order valence-electron chi connectivity index (χ1n) is 7.06.